The number of piperidine rings is 1. The van der Waals surface area contributed by atoms with Crippen LogP contribution in [0.15, 0.2) is 41.7 Å². The van der Waals surface area contributed by atoms with Gasteiger partial charge in [0.25, 0.3) is 0 Å². The topological polar surface area (TPSA) is 59.0 Å². The van der Waals surface area contributed by atoms with Crippen molar-refractivity contribution in [2.24, 2.45) is 5.92 Å². The normalized spacial score (nSPS) is 17.6. The summed E-state index contributed by atoms with van der Waals surface area (Å²) in [4.78, 5) is 23.3. The zero-order valence-corrected chi connectivity index (χ0v) is 16.2. The SMILES string of the molecule is CC1CCCN(C(=O)CSc2ncnc3c(-c4ccccc4)nsc23)C1. The van der Waals surface area contributed by atoms with Crippen molar-refractivity contribution in [3.05, 3.63) is 36.7 Å². The molecule has 3 aromatic rings. The number of benzene rings is 1. The van der Waals surface area contributed by atoms with Crippen molar-refractivity contribution in [3.63, 3.8) is 0 Å². The Morgan fingerprint density at radius 2 is 2.15 bits per heavy atom. The van der Waals surface area contributed by atoms with E-state index in [1.807, 2.05) is 35.2 Å². The number of aromatic nitrogens is 3. The number of rotatable bonds is 4. The van der Waals surface area contributed by atoms with Crippen molar-refractivity contribution in [2.45, 2.75) is 24.8 Å². The van der Waals surface area contributed by atoms with Crippen LogP contribution in [0, 0.1) is 5.92 Å². The lowest BCUT2D eigenvalue weighted by Crippen LogP contribution is -2.40. The molecule has 4 rings (SSSR count). The van der Waals surface area contributed by atoms with Crippen molar-refractivity contribution in [1.29, 1.82) is 0 Å². The van der Waals surface area contributed by atoms with E-state index >= 15 is 0 Å². The first-order chi connectivity index (χ1) is 12.7. The van der Waals surface area contributed by atoms with Crippen LogP contribution in [0.5, 0.6) is 0 Å². The average molecular weight is 385 g/mol. The minimum atomic E-state index is 0.195. The van der Waals surface area contributed by atoms with Crippen LogP contribution in [0.3, 0.4) is 0 Å². The quantitative estimate of drug-likeness (QED) is 0.501. The summed E-state index contributed by atoms with van der Waals surface area (Å²) in [6.07, 6.45) is 3.89. The molecule has 134 valence electrons. The first kappa shape index (κ1) is 17.4. The molecular formula is C19H20N4OS2. The molecule has 1 aliphatic rings. The van der Waals surface area contributed by atoms with E-state index < -0.39 is 0 Å². The first-order valence-electron chi connectivity index (χ1n) is 8.78. The second-order valence-corrected chi connectivity index (χ2v) is 8.37. The van der Waals surface area contributed by atoms with Gasteiger partial charge in [-0.2, -0.15) is 4.37 Å². The van der Waals surface area contributed by atoms with Gasteiger partial charge in [0.1, 0.15) is 27.3 Å². The predicted octanol–water partition coefficient (Wildman–Crippen LogP) is 4.10. The fourth-order valence-corrected chi connectivity index (χ4v) is 5.09. The molecule has 1 fully saturated rings. The highest BCUT2D eigenvalue weighted by atomic mass is 32.2. The molecular weight excluding hydrogens is 364 g/mol. The van der Waals surface area contributed by atoms with E-state index in [0.29, 0.717) is 11.7 Å². The molecule has 1 atom stereocenters. The predicted molar refractivity (Wildman–Crippen MR) is 106 cm³/mol. The Morgan fingerprint density at radius 1 is 1.31 bits per heavy atom. The molecule has 0 radical (unpaired) electrons. The van der Waals surface area contributed by atoms with Crippen LogP contribution in [0.1, 0.15) is 19.8 Å². The molecule has 0 saturated carbocycles. The molecule has 0 bridgehead atoms. The molecule has 1 aromatic carbocycles. The number of carbonyl (C=O) groups excluding carboxylic acids is 1. The summed E-state index contributed by atoms with van der Waals surface area (Å²) >= 11 is 2.89. The van der Waals surface area contributed by atoms with Gasteiger partial charge in [-0.3, -0.25) is 4.79 Å². The van der Waals surface area contributed by atoms with E-state index in [1.54, 1.807) is 6.33 Å². The first-order valence-corrected chi connectivity index (χ1v) is 10.5. The summed E-state index contributed by atoms with van der Waals surface area (Å²) in [6, 6.07) is 10.0. The smallest absolute Gasteiger partial charge is 0.232 e. The Kier molecular flexibility index (Phi) is 5.17. The van der Waals surface area contributed by atoms with Crippen molar-refractivity contribution >= 4 is 39.4 Å². The summed E-state index contributed by atoms with van der Waals surface area (Å²) < 4.78 is 5.54. The van der Waals surface area contributed by atoms with Gasteiger partial charge in [0, 0.05) is 18.7 Å². The van der Waals surface area contributed by atoms with Crippen LogP contribution in [-0.2, 0) is 4.79 Å². The lowest BCUT2D eigenvalue weighted by atomic mass is 10.0. The van der Waals surface area contributed by atoms with Gasteiger partial charge >= 0.3 is 0 Å². The average Bonchev–Trinajstić information content (AvgIpc) is 3.11. The number of likely N-dealkylation sites (tertiary alicyclic amines) is 1. The van der Waals surface area contributed by atoms with Gasteiger partial charge in [-0.25, -0.2) is 9.97 Å². The fourth-order valence-electron chi connectivity index (χ4n) is 3.27. The van der Waals surface area contributed by atoms with E-state index in [-0.39, 0.29) is 5.91 Å². The number of hydrogen-bond donors (Lipinski definition) is 0. The van der Waals surface area contributed by atoms with Crippen LogP contribution < -0.4 is 0 Å². The summed E-state index contributed by atoms with van der Waals surface area (Å²) in [5.74, 6) is 1.21. The Hall–Kier alpha value is -1.99. The monoisotopic (exact) mass is 384 g/mol. The van der Waals surface area contributed by atoms with Gasteiger partial charge in [-0.05, 0) is 30.3 Å². The summed E-state index contributed by atoms with van der Waals surface area (Å²) in [5, 5.41) is 0.841. The molecule has 5 nitrogen and oxygen atoms in total. The maximum atomic E-state index is 12.5. The van der Waals surface area contributed by atoms with Gasteiger partial charge < -0.3 is 4.90 Å². The maximum Gasteiger partial charge on any atom is 0.232 e. The Bertz CT molecular complexity index is 912. The lowest BCUT2D eigenvalue weighted by Gasteiger charge is -2.30. The van der Waals surface area contributed by atoms with Gasteiger partial charge in [-0.1, -0.05) is 49.0 Å². The third-order valence-electron chi connectivity index (χ3n) is 4.61. The molecule has 1 amide bonds. The van der Waals surface area contributed by atoms with Gasteiger partial charge in [0.05, 0.1) is 5.75 Å². The lowest BCUT2D eigenvalue weighted by molar-refractivity contribution is -0.130. The largest absolute Gasteiger partial charge is 0.342 e. The number of hydrogen-bond acceptors (Lipinski definition) is 6. The molecule has 0 N–H and O–H groups in total. The number of nitrogens with zero attached hydrogens (tertiary/aromatic N) is 4. The third-order valence-corrected chi connectivity index (χ3v) is 6.56. The van der Waals surface area contributed by atoms with Crippen LogP contribution in [-0.4, -0.2) is 44.0 Å². The standard InChI is InChI=1S/C19H20N4OS2/c1-13-6-5-9-23(10-13)15(24)11-25-19-18-17(20-12-21-19)16(22-26-18)14-7-3-2-4-8-14/h2-4,7-8,12-13H,5-6,9-11H2,1H3. The minimum absolute atomic E-state index is 0.195. The highest BCUT2D eigenvalue weighted by Crippen LogP contribution is 2.34. The van der Waals surface area contributed by atoms with Crippen LogP contribution in [0.25, 0.3) is 21.5 Å². The molecule has 1 aliphatic heterocycles. The van der Waals surface area contributed by atoms with Crippen LogP contribution >= 0.6 is 23.3 Å². The zero-order chi connectivity index (χ0) is 17.9. The van der Waals surface area contributed by atoms with Crippen LogP contribution in [0.4, 0.5) is 0 Å². The number of thioether (sulfide) groups is 1. The van der Waals surface area contributed by atoms with Crippen molar-refractivity contribution in [2.75, 3.05) is 18.8 Å². The van der Waals surface area contributed by atoms with E-state index in [2.05, 4.69) is 21.3 Å². The number of amides is 1. The minimum Gasteiger partial charge on any atom is -0.342 e. The van der Waals surface area contributed by atoms with E-state index in [1.165, 1.54) is 29.7 Å². The maximum absolute atomic E-state index is 12.5. The molecule has 1 unspecified atom stereocenters. The van der Waals surface area contributed by atoms with E-state index in [4.69, 9.17) is 0 Å². The summed E-state index contributed by atoms with van der Waals surface area (Å²) in [7, 11) is 0. The number of carbonyl (C=O) groups is 1. The Morgan fingerprint density at radius 3 is 2.96 bits per heavy atom. The highest BCUT2D eigenvalue weighted by Gasteiger charge is 2.22. The highest BCUT2D eigenvalue weighted by molar-refractivity contribution is 8.00. The molecule has 1 saturated heterocycles. The van der Waals surface area contributed by atoms with Gasteiger partial charge in [0.15, 0.2) is 0 Å². The molecule has 2 aromatic heterocycles. The number of fused-ring (bicyclic) bond motifs is 1. The molecule has 0 spiro atoms. The third kappa shape index (κ3) is 3.59. The fraction of sp³-hybridized carbons (Fsp3) is 0.368. The summed E-state index contributed by atoms with van der Waals surface area (Å²) in [6.45, 7) is 3.96. The van der Waals surface area contributed by atoms with Crippen LogP contribution in [0.2, 0.25) is 0 Å². The van der Waals surface area contributed by atoms with Crippen molar-refractivity contribution < 1.29 is 4.79 Å². The molecule has 0 aliphatic carbocycles. The Balaban J connectivity index is 1.52. The van der Waals surface area contributed by atoms with Gasteiger partial charge in [-0.15, -0.1) is 0 Å². The summed E-state index contributed by atoms with van der Waals surface area (Å²) in [5.41, 5.74) is 2.79. The molecule has 7 heteroatoms. The molecule has 3 heterocycles. The Labute approximate surface area is 161 Å². The molecule has 26 heavy (non-hydrogen) atoms. The zero-order valence-electron chi connectivity index (χ0n) is 14.6. The van der Waals surface area contributed by atoms with E-state index in [9.17, 15) is 4.79 Å². The second kappa shape index (κ2) is 7.72. The van der Waals surface area contributed by atoms with Crippen molar-refractivity contribution in [1.82, 2.24) is 19.2 Å². The van der Waals surface area contributed by atoms with Gasteiger partial charge in [0.2, 0.25) is 5.91 Å². The van der Waals surface area contributed by atoms with E-state index in [0.717, 1.165) is 46.0 Å². The second-order valence-electron chi connectivity index (χ2n) is 6.63. The van der Waals surface area contributed by atoms with Crippen molar-refractivity contribution in [3.8, 4) is 11.3 Å².